The number of fused-ring (bicyclic) bond motifs is 1. The molecular formula is C13H11ClN6O3S. The van der Waals surface area contributed by atoms with Crippen molar-refractivity contribution in [3.05, 3.63) is 58.9 Å². The number of sulfonamides is 1. The molecule has 0 saturated heterocycles. The summed E-state index contributed by atoms with van der Waals surface area (Å²) in [7, 11) is -2.67. The van der Waals surface area contributed by atoms with Crippen LogP contribution in [0.2, 0.25) is 5.15 Å². The molecule has 3 aromatic heterocycles. The van der Waals surface area contributed by atoms with E-state index in [9.17, 15) is 13.6 Å². The highest BCUT2D eigenvalue weighted by molar-refractivity contribution is 7.89. The highest BCUT2D eigenvalue weighted by Crippen LogP contribution is 2.13. The third-order valence-electron chi connectivity index (χ3n) is 3.12. The third kappa shape index (κ3) is 3.01. The maximum absolute atomic E-state index is 12.4. The van der Waals surface area contributed by atoms with Gasteiger partial charge in [-0.25, -0.2) is 9.50 Å². The fraction of sp³-hybridized carbons (Fsp3) is 0.0769. The second-order valence-electron chi connectivity index (χ2n) is 4.70. The molecule has 0 aromatic carbocycles. The van der Waals surface area contributed by atoms with Gasteiger partial charge in [0.2, 0.25) is 6.20 Å². The Morgan fingerprint density at radius 1 is 1.46 bits per heavy atom. The lowest BCUT2D eigenvalue weighted by atomic mass is 10.4. The molecule has 0 aliphatic carbocycles. The van der Waals surface area contributed by atoms with Gasteiger partial charge in [0.1, 0.15) is 5.15 Å². The lowest BCUT2D eigenvalue weighted by Crippen LogP contribution is -2.29. The normalized spacial score (nSPS) is 12.1. The summed E-state index contributed by atoms with van der Waals surface area (Å²) in [6.07, 6.45) is 6.56. The van der Waals surface area contributed by atoms with Crippen LogP contribution in [0.15, 0.2) is 53.0 Å². The number of nitrogens with zero attached hydrogens (tertiary/aromatic N) is 6. The van der Waals surface area contributed by atoms with Crippen LogP contribution in [0.3, 0.4) is 0 Å². The van der Waals surface area contributed by atoms with E-state index in [1.165, 1.54) is 42.3 Å². The van der Waals surface area contributed by atoms with Crippen molar-refractivity contribution in [2.45, 2.75) is 4.90 Å². The van der Waals surface area contributed by atoms with Crippen LogP contribution >= 0.6 is 11.6 Å². The van der Waals surface area contributed by atoms with Gasteiger partial charge >= 0.3 is 0 Å². The van der Waals surface area contributed by atoms with Crippen LogP contribution in [0.1, 0.15) is 5.56 Å². The van der Waals surface area contributed by atoms with E-state index in [-0.39, 0.29) is 10.0 Å². The fourth-order valence-corrected chi connectivity index (χ4v) is 3.00. The predicted octanol–water partition coefficient (Wildman–Crippen LogP) is 0.671. The topological polar surface area (TPSA) is 107 Å². The number of hydrogen-bond acceptors (Lipinski definition) is 6. The van der Waals surface area contributed by atoms with Crippen LogP contribution < -0.4 is 4.73 Å². The molecule has 0 amide bonds. The standard InChI is InChI=1S/C13H11ClN6O3S/c1-18(24(22,23)11-3-2-5-19(21)9-11)15-7-10-8-16-20-6-4-12(14)17-13(10)20/h2-9H,1H3/b15-7+. The van der Waals surface area contributed by atoms with E-state index in [4.69, 9.17) is 11.6 Å². The quantitative estimate of drug-likeness (QED) is 0.222. The van der Waals surface area contributed by atoms with E-state index in [1.54, 1.807) is 12.3 Å². The Bertz CT molecular complexity index is 1030. The van der Waals surface area contributed by atoms with Gasteiger partial charge < -0.3 is 5.21 Å². The molecule has 0 atom stereocenters. The first-order valence-corrected chi connectivity index (χ1v) is 8.41. The van der Waals surface area contributed by atoms with E-state index in [0.717, 1.165) is 10.6 Å². The Hall–Kier alpha value is -2.72. The first-order valence-electron chi connectivity index (χ1n) is 6.59. The van der Waals surface area contributed by atoms with Gasteiger partial charge in [0.15, 0.2) is 16.7 Å². The van der Waals surface area contributed by atoms with E-state index in [1.807, 2.05) is 0 Å². The first-order chi connectivity index (χ1) is 11.4. The van der Waals surface area contributed by atoms with Gasteiger partial charge in [-0.1, -0.05) is 11.6 Å². The van der Waals surface area contributed by atoms with E-state index in [0.29, 0.717) is 15.9 Å². The van der Waals surface area contributed by atoms with Crippen molar-refractivity contribution in [2.75, 3.05) is 7.05 Å². The molecule has 0 spiro atoms. The van der Waals surface area contributed by atoms with Crippen LogP contribution in [0.4, 0.5) is 0 Å². The van der Waals surface area contributed by atoms with Gasteiger partial charge in [-0.2, -0.15) is 27.8 Å². The summed E-state index contributed by atoms with van der Waals surface area (Å²) in [6, 6.07) is 4.23. The summed E-state index contributed by atoms with van der Waals surface area (Å²) in [5.74, 6) is 0. The lowest BCUT2D eigenvalue weighted by Gasteiger charge is -2.12. The Morgan fingerprint density at radius 2 is 2.25 bits per heavy atom. The molecule has 0 aliphatic heterocycles. The highest BCUT2D eigenvalue weighted by atomic mass is 35.5. The minimum Gasteiger partial charge on any atom is -0.619 e. The van der Waals surface area contributed by atoms with Crippen molar-refractivity contribution in [3.63, 3.8) is 0 Å². The smallest absolute Gasteiger partial charge is 0.284 e. The summed E-state index contributed by atoms with van der Waals surface area (Å²) in [6.45, 7) is 0. The first kappa shape index (κ1) is 16.1. The summed E-state index contributed by atoms with van der Waals surface area (Å²) >= 11 is 5.84. The molecule has 3 heterocycles. The van der Waals surface area contributed by atoms with Crippen molar-refractivity contribution in [3.8, 4) is 0 Å². The monoisotopic (exact) mass is 366 g/mol. The number of halogens is 1. The van der Waals surface area contributed by atoms with Crippen LogP contribution in [-0.2, 0) is 10.0 Å². The molecule has 11 heteroatoms. The largest absolute Gasteiger partial charge is 0.619 e. The summed E-state index contributed by atoms with van der Waals surface area (Å²) in [5.41, 5.74) is 0.931. The molecule has 0 bridgehead atoms. The Balaban J connectivity index is 1.91. The van der Waals surface area contributed by atoms with Crippen LogP contribution in [-0.4, -0.2) is 40.7 Å². The molecule has 0 radical (unpaired) electrons. The van der Waals surface area contributed by atoms with Crippen molar-refractivity contribution in [1.29, 1.82) is 0 Å². The molecule has 0 saturated carbocycles. The summed E-state index contributed by atoms with van der Waals surface area (Å²) in [5, 5.41) is 19.5. The Kier molecular flexibility index (Phi) is 4.08. The Labute approximate surface area is 142 Å². The highest BCUT2D eigenvalue weighted by Gasteiger charge is 2.21. The van der Waals surface area contributed by atoms with Crippen molar-refractivity contribution in [2.24, 2.45) is 5.10 Å². The maximum Gasteiger partial charge on any atom is 0.284 e. The van der Waals surface area contributed by atoms with Gasteiger partial charge in [0, 0.05) is 19.3 Å². The van der Waals surface area contributed by atoms with Crippen molar-refractivity contribution < 1.29 is 13.1 Å². The van der Waals surface area contributed by atoms with E-state index in [2.05, 4.69) is 15.2 Å². The van der Waals surface area contributed by atoms with Crippen LogP contribution in [0, 0.1) is 5.21 Å². The molecule has 3 aromatic rings. The molecule has 124 valence electrons. The van der Waals surface area contributed by atoms with E-state index >= 15 is 0 Å². The van der Waals surface area contributed by atoms with Crippen LogP contribution in [0.5, 0.6) is 0 Å². The zero-order chi connectivity index (χ0) is 17.3. The minimum atomic E-state index is -3.94. The number of pyridine rings is 1. The summed E-state index contributed by atoms with van der Waals surface area (Å²) in [4.78, 5) is 3.94. The van der Waals surface area contributed by atoms with Gasteiger partial charge in [-0.15, -0.1) is 0 Å². The third-order valence-corrected chi connectivity index (χ3v) is 4.95. The summed E-state index contributed by atoms with van der Waals surface area (Å²) < 4.78 is 27.4. The average Bonchev–Trinajstić information content (AvgIpc) is 2.94. The SMILES string of the molecule is CN(/N=C/c1cnn2ccc(Cl)nc12)S(=O)(=O)c1ccc[n+]([O-])c1. The van der Waals surface area contributed by atoms with Gasteiger partial charge in [-0.05, 0) is 12.1 Å². The predicted molar refractivity (Wildman–Crippen MR) is 85.9 cm³/mol. The minimum absolute atomic E-state index is 0.166. The lowest BCUT2D eigenvalue weighted by molar-refractivity contribution is -0.607. The average molecular weight is 367 g/mol. The van der Waals surface area contributed by atoms with Gasteiger partial charge in [0.25, 0.3) is 10.0 Å². The number of rotatable bonds is 4. The van der Waals surface area contributed by atoms with Crippen molar-refractivity contribution >= 4 is 33.5 Å². The fourth-order valence-electron chi connectivity index (χ4n) is 1.90. The van der Waals surface area contributed by atoms with Crippen LogP contribution in [0.25, 0.3) is 5.65 Å². The van der Waals surface area contributed by atoms with Gasteiger partial charge in [0.05, 0.1) is 18.0 Å². The van der Waals surface area contributed by atoms with Gasteiger partial charge in [-0.3, -0.25) is 0 Å². The second-order valence-corrected chi connectivity index (χ2v) is 7.04. The molecule has 0 unspecified atom stereocenters. The molecule has 3 rings (SSSR count). The number of hydrazone groups is 1. The molecule has 0 N–H and O–H groups in total. The van der Waals surface area contributed by atoms with E-state index < -0.39 is 10.0 Å². The zero-order valence-corrected chi connectivity index (χ0v) is 13.9. The molecule has 24 heavy (non-hydrogen) atoms. The van der Waals surface area contributed by atoms with Crippen molar-refractivity contribution in [1.82, 2.24) is 19.0 Å². The number of hydrogen-bond donors (Lipinski definition) is 0. The second kappa shape index (κ2) is 6.06. The molecule has 0 fully saturated rings. The zero-order valence-electron chi connectivity index (χ0n) is 12.3. The maximum atomic E-state index is 12.4. The number of aromatic nitrogens is 4. The Morgan fingerprint density at radius 3 is 3.00 bits per heavy atom. The molecule has 0 aliphatic rings. The molecule has 9 nitrogen and oxygen atoms in total. The molecular weight excluding hydrogens is 356 g/mol.